The van der Waals surface area contributed by atoms with E-state index in [-0.39, 0.29) is 18.4 Å². The number of nitrogens with zero attached hydrogens (tertiary/aromatic N) is 1. The van der Waals surface area contributed by atoms with E-state index in [9.17, 15) is 4.79 Å². The number of hydrogen-bond acceptors (Lipinski definition) is 3. The van der Waals surface area contributed by atoms with Crippen LogP contribution in [0.5, 0.6) is 0 Å². The molecule has 1 aliphatic carbocycles. The molecular weight excluding hydrogens is 192 g/mol. The molecule has 0 radical (unpaired) electrons. The van der Waals surface area contributed by atoms with Crippen LogP contribution in [0.3, 0.4) is 0 Å². The lowest BCUT2D eigenvalue weighted by Gasteiger charge is -2.28. The second-order valence-electron chi connectivity index (χ2n) is 4.95. The topological polar surface area (TPSA) is 66.6 Å². The average molecular weight is 212 g/mol. The number of likely N-dealkylation sites (tertiary alicyclic amines) is 1. The summed E-state index contributed by atoms with van der Waals surface area (Å²) in [7, 11) is 0. The van der Waals surface area contributed by atoms with Gasteiger partial charge in [-0.05, 0) is 19.3 Å². The van der Waals surface area contributed by atoms with Crippen molar-refractivity contribution in [1.82, 2.24) is 4.90 Å². The predicted octanol–water partition coefficient (Wildman–Crippen LogP) is 0.0987. The molecule has 0 aromatic heterocycles. The van der Waals surface area contributed by atoms with Crippen LogP contribution in [0.25, 0.3) is 0 Å². The van der Waals surface area contributed by atoms with E-state index in [2.05, 4.69) is 0 Å². The van der Waals surface area contributed by atoms with Gasteiger partial charge in [-0.1, -0.05) is 12.8 Å². The lowest BCUT2D eigenvalue weighted by molar-refractivity contribution is -0.135. The van der Waals surface area contributed by atoms with Gasteiger partial charge in [0.25, 0.3) is 0 Å². The molecule has 15 heavy (non-hydrogen) atoms. The standard InChI is InChI=1S/C11H20N2O2/c12-11(4-1-2-5-11)10(15)13-6-3-9(7-13)8-14/h9,14H,1-8,12H2. The number of amides is 1. The minimum atomic E-state index is -0.593. The Balaban J connectivity index is 1.96. The zero-order chi connectivity index (χ0) is 10.9. The average Bonchev–Trinajstić information content (AvgIpc) is 2.85. The van der Waals surface area contributed by atoms with Crippen molar-refractivity contribution in [2.24, 2.45) is 11.7 Å². The Bertz CT molecular complexity index is 249. The van der Waals surface area contributed by atoms with E-state index in [4.69, 9.17) is 10.8 Å². The maximum atomic E-state index is 12.2. The second-order valence-corrected chi connectivity index (χ2v) is 4.95. The fraction of sp³-hybridized carbons (Fsp3) is 0.909. The molecule has 1 unspecified atom stereocenters. The SMILES string of the molecule is NC1(C(=O)N2CCC(CO)C2)CCCC1. The summed E-state index contributed by atoms with van der Waals surface area (Å²) >= 11 is 0. The molecule has 0 aromatic carbocycles. The summed E-state index contributed by atoms with van der Waals surface area (Å²) in [5, 5.41) is 9.03. The molecule has 4 heteroatoms. The van der Waals surface area contributed by atoms with Crippen LogP contribution in [0.15, 0.2) is 0 Å². The maximum absolute atomic E-state index is 12.2. The van der Waals surface area contributed by atoms with Crippen LogP contribution in [0.4, 0.5) is 0 Å². The molecule has 2 fully saturated rings. The van der Waals surface area contributed by atoms with Crippen LogP contribution in [-0.4, -0.2) is 41.1 Å². The molecule has 1 amide bonds. The summed E-state index contributed by atoms with van der Waals surface area (Å²) in [5.74, 6) is 0.370. The van der Waals surface area contributed by atoms with Gasteiger partial charge in [-0.15, -0.1) is 0 Å². The smallest absolute Gasteiger partial charge is 0.242 e. The highest BCUT2D eigenvalue weighted by molar-refractivity contribution is 5.86. The van der Waals surface area contributed by atoms with Crippen molar-refractivity contribution in [3.63, 3.8) is 0 Å². The van der Waals surface area contributed by atoms with Gasteiger partial charge >= 0.3 is 0 Å². The number of carbonyl (C=O) groups excluding carboxylic acids is 1. The Kier molecular flexibility index (Phi) is 2.98. The Morgan fingerprint density at radius 2 is 2.13 bits per heavy atom. The summed E-state index contributed by atoms with van der Waals surface area (Å²) in [5.41, 5.74) is 5.52. The summed E-state index contributed by atoms with van der Waals surface area (Å²) in [6.07, 6.45) is 4.70. The predicted molar refractivity (Wildman–Crippen MR) is 57.2 cm³/mol. The fourth-order valence-corrected chi connectivity index (χ4v) is 2.70. The molecular formula is C11H20N2O2. The van der Waals surface area contributed by atoms with E-state index < -0.39 is 5.54 Å². The molecule has 1 heterocycles. The molecule has 3 N–H and O–H groups in total. The van der Waals surface area contributed by atoms with E-state index in [1.165, 1.54) is 0 Å². The summed E-state index contributed by atoms with van der Waals surface area (Å²) in [6.45, 7) is 1.64. The third-order valence-corrected chi connectivity index (χ3v) is 3.75. The van der Waals surface area contributed by atoms with Crippen LogP contribution in [-0.2, 0) is 4.79 Å². The fourth-order valence-electron chi connectivity index (χ4n) is 2.70. The van der Waals surface area contributed by atoms with Crippen LogP contribution >= 0.6 is 0 Å². The van der Waals surface area contributed by atoms with E-state index in [0.717, 1.165) is 38.6 Å². The highest BCUT2D eigenvalue weighted by Gasteiger charge is 2.41. The zero-order valence-electron chi connectivity index (χ0n) is 9.11. The lowest BCUT2D eigenvalue weighted by Crippen LogP contribution is -2.53. The van der Waals surface area contributed by atoms with E-state index in [1.807, 2.05) is 4.90 Å². The molecule has 1 saturated heterocycles. The second kappa shape index (κ2) is 4.10. The number of rotatable bonds is 2. The maximum Gasteiger partial charge on any atom is 0.242 e. The van der Waals surface area contributed by atoms with Gasteiger partial charge in [0, 0.05) is 25.6 Å². The van der Waals surface area contributed by atoms with Crippen molar-refractivity contribution in [3.8, 4) is 0 Å². The number of carbonyl (C=O) groups is 1. The molecule has 0 spiro atoms. The van der Waals surface area contributed by atoms with Crippen molar-refractivity contribution in [3.05, 3.63) is 0 Å². The zero-order valence-corrected chi connectivity index (χ0v) is 9.11. The Labute approximate surface area is 90.4 Å². The molecule has 0 bridgehead atoms. The number of aliphatic hydroxyl groups is 1. The monoisotopic (exact) mass is 212 g/mol. The van der Waals surface area contributed by atoms with Gasteiger partial charge in [-0.3, -0.25) is 4.79 Å². The molecule has 0 aromatic rings. The van der Waals surface area contributed by atoms with Crippen molar-refractivity contribution in [1.29, 1.82) is 0 Å². The Morgan fingerprint density at radius 3 is 2.67 bits per heavy atom. The van der Waals surface area contributed by atoms with E-state index >= 15 is 0 Å². The summed E-state index contributed by atoms with van der Waals surface area (Å²) in [4.78, 5) is 14.0. The van der Waals surface area contributed by atoms with Crippen LogP contribution in [0.2, 0.25) is 0 Å². The van der Waals surface area contributed by atoms with Gasteiger partial charge in [-0.2, -0.15) is 0 Å². The van der Waals surface area contributed by atoms with Crippen LogP contribution in [0, 0.1) is 5.92 Å². The molecule has 2 rings (SSSR count). The first-order chi connectivity index (χ1) is 7.15. The normalized spacial score (nSPS) is 29.7. The lowest BCUT2D eigenvalue weighted by atomic mass is 9.97. The first-order valence-electron chi connectivity index (χ1n) is 5.85. The minimum Gasteiger partial charge on any atom is -0.396 e. The van der Waals surface area contributed by atoms with Crippen molar-refractivity contribution >= 4 is 5.91 Å². The van der Waals surface area contributed by atoms with E-state index in [0.29, 0.717) is 6.54 Å². The van der Waals surface area contributed by atoms with Crippen LogP contribution < -0.4 is 5.73 Å². The van der Waals surface area contributed by atoms with Gasteiger partial charge < -0.3 is 15.7 Å². The number of aliphatic hydroxyl groups excluding tert-OH is 1. The largest absolute Gasteiger partial charge is 0.396 e. The molecule has 86 valence electrons. The molecule has 2 aliphatic rings. The molecule has 1 aliphatic heterocycles. The highest BCUT2D eigenvalue weighted by atomic mass is 16.3. The van der Waals surface area contributed by atoms with Gasteiger partial charge in [0.05, 0.1) is 5.54 Å². The van der Waals surface area contributed by atoms with Gasteiger partial charge in [0.1, 0.15) is 0 Å². The third kappa shape index (κ3) is 2.01. The molecule has 4 nitrogen and oxygen atoms in total. The number of hydrogen-bond donors (Lipinski definition) is 2. The number of nitrogens with two attached hydrogens (primary N) is 1. The first kappa shape index (κ1) is 10.9. The van der Waals surface area contributed by atoms with Crippen LogP contribution in [0.1, 0.15) is 32.1 Å². The van der Waals surface area contributed by atoms with Crippen molar-refractivity contribution in [2.45, 2.75) is 37.6 Å². The van der Waals surface area contributed by atoms with Crippen molar-refractivity contribution in [2.75, 3.05) is 19.7 Å². The Hall–Kier alpha value is -0.610. The quantitative estimate of drug-likeness (QED) is 0.682. The molecule has 1 atom stereocenters. The van der Waals surface area contributed by atoms with E-state index in [1.54, 1.807) is 0 Å². The highest BCUT2D eigenvalue weighted by Crippen LogP contribution is 2.30. The van der Waals surface area contributed by atoms with Gasteiger partial charge in [0.2, 0.25) is 5.91 Å². The minimum absolute atomic E-state index is 0.107. The first-order valence-corrected chi connectivity index (χ1v) is 5.85. The summed E-state index contributed by atoms with van der Waals surface area (Å²) in [6, 6.07) is 0. The third-order valence-electron chi connectivity index (χ3n) is 3.75. The van der Waals surface area contributed by atoms with Gasteiger partial charge in [-0.25, -0.2) is 0 Å². The summed E-state index contributed by atoms with van der Waals surface area (Å²) < 4.78 is 0. The Morgan fingerprint density at radius 1 is 1.47 bits per heavy atom. The van der Waals surface area contributed by atoms with Crippen molar-refractivity contribution < 1.29 is 9.90 Å². The van der Waals surface area contributed by atoms with Gasteiger partial charge in [0.15, 0.2) is 0 Å². The molecule has 1 saturated carbocycles.